The zero-order valence-corrected chi connectivity index (χ0v) is 20.2. The van der Waals surface area contributed by atoms with Crippen LogP contribution in [0.2, 0.25) is 0 Å². The number of aromatic nitrogens is 1. The van der Waals surface area contributed by atoms with Gasteiger partial charge in [-0.15, -0.1) is 0 Å². The van der Waals surface area contributed by atoms with Gasteiger partial charge in [0, 0.05) is 18.4 Å². The van der Waals surface area contributed by atoms with Gasteiger partial charge in [0.25, 0.3) is 10.0 Å². The van der Waals surface area contributed by atoms with E-state index in [1.807, 2.05) is 38.1 Å². The Labute approximate surface area is 205 Å². The molecule has 6 nitrogen and oxygen atoms in total. The number of nitrogens with zero attached hydrogens (tertiary/aromatic N) is 2. The van der Waals surface area contributed by atoms with Crippen LogP contribution in [0.1, 0.15) is 32.6 Å². The lowest BCUT2D eigenvalue weighted by molar-refractivity contribution is 0.0697. The first kappa shape index (κ1) is 23.9. The number of hydrogen-bond donors (Lipinski definition) is 1. The molecule has 35 heavy (non-hydrogen) atoms. The summed E-state index contributed by atoms with van der Waals surface area (Å²) in [6.45, 7) is 3.89. The predicted molar refractivity (Wildman–Crippen MR) is 135 cm³/mol. The third-order valence-corrected chi connectivity index (χ3v) is 7.17. The first-order valence-electron chi connectivity index (χ1n) is 10.9. The summed E-state index contributed by atoms with van der Waals surface area (Å²) in [6.07, 6.45) is 3.44. The van der Waals surface area contributed by atoms with Crippen LogP contribution in [0.3, 0.4) is 0 Å². The van der Waals surface area contributed by atoms with Crippen molar-refractivity contribution in [1.82, 2.24) is 8.87 Å². The van der Waals surface area contributed by atoms with E-state index >= 15 is 0 Å². The average molecular weight is 485 g/mol. The molecule has 3 aromatic carbocycles. The molecule has 0 unspecified atom stereocenters. The van der Waals surface area contributed by atoms with Crippen molar-refractivity contribution in [2.45, 2.75) is 25.3 Å². The Bertz CT molecular complexity index is 1510. The highest BCUT2D eigenvalue weighted by molar-refractivity contribution is 7.89. The molecule has 0 aliphatic rings. The van der Waals surface area contributed by atoms with E-state index in [0.29, 0.717) is 11.3 Å². The Morgan fingerprint density at radius 1 is 0.886 bits per heavy atom. The number of hydrogen-bond acceptors (Lipinski definition) is 3. The molecular formula is C28H24N2O4S. The molecule has 1 N–H and O–H groups in total. The van der Waals surface area contributed by atoms with Crippen LogP contribution in [0.25, 0.3) is 5.69 Å². The summed E-state index contributed by atoms with van der Waals surface area (Å²) in [5.74, 6) is 1.83. The van der Waals surface area contributed by atoms with E-state index in [0.717, 1.165) is 21.0 Å². The van der Waals surface area contributed by atoms with E-state index in [2.05, 4.69) is 12.0 Å². The summed E-state index contributed by atoms with van der Waals surface area (Å²) in [5, 5.41) is 9.72. The average Bonchev–Trinajstić information content (AvgIpc) is 3.37. The lowest BCUT2D eigenvalue weighted by Gasteiger charge is -2.19. The summed E-state index contributed by atoms with van der Waals surface area (Å²) in [7, 11) is -3.95. The van der Waals surface area contributed by atoms with Gasteiger partial charge in [0.05, 0.1) is 28.3 Å². The molecule has 1 aromatic heterocycles. The van der Waals surface area contributed by atoms with Crippen molar-refractivity contribution in [3.8, 4) is 17.7 Å². The maximum absolute atomic E-state index is 13.5. The number of carboxylic acid groups (broad SMARTS) is 1. The zero-order valence-electron chi connectivity index (χ0n) is 19.3. The van der Waals surface area contributed by atoms with Gasteiger partial charge >= 0.3 is 5.97 Å². The Kier molecular flexibility index (Phi) is 6.76. The van der Waals surface area contributed by atoms with Gasteiger partial charge < -0.3 is 9.67 Å². The van der Waals surface area contributed by atoms with Crippen LogP contribution in [0, 0.1) is 25.8 Å². The zero-order chi connectivity index (χ0) is 25.0. The van der Waals surface area contributed by atoms with E-state index in [9.17, 15) is 18.3 Å². The maximum Gasteiger partial charge on any atom is 0.337 e. The first-order valence-corrected chi connectivity index (χ1v) is 12.4. The Morgan fingerprint density at radius 3 is 2.09 bits per heavy atom. The second kappa shape index (κ2) is 9.92. The van der Waals surface area contributed by atoms with Gasteiger partial charge in [-0.25, -0.2) is 17.5 Å². The summed E-state index contributed by atoms with van der Waals surface area (Å²) < 4.78 is 29.9. The van der Waals surface area contributed by atoms with Crippen molar-refractivity contribution < 1.29 is 18.3 Å². The number of rotatable bonds is 6. The standard InChI is InChI=1S/C28H24N2O4S/c1-21-8-12-23(13-9-21)20-30(35(33,34)25-14-10-22(2)11-15-25)19-16-24-6-5-7-26(28(31)32)27(24)29-17-3-4-18-29/h3-15,17-18H,20H2,1-2H3,(H,31,32). The Balaban J connectivity index is 1.83. The van der Waals surface area contributed by atoms with Gasteiger partial charge in [0.1, 0.15) is 0 Å². The molecule has 4 aromatic rings. The molecule has 0 bridgehead atoms. The topological polar surface area (TPSA) is 79.6 Å². The van der Waals surface area contributed by atoms with Gasteiger partial charge in [-0.05, 0) is 61.7 Å². The number of carboxylic acids is 1. The van der Waals surface area contributed by atoms with Crippen molar-refractivity contribution in [1.29, 1.82) is 0 Å². The lowest BCUT2D eigenvalue weighted by atomic mass is 10.1. The van der Waals surface area contributed by atoms with Crippen LogP contribution >= 0.6 is 0 Å². The monoisotopic (exact) mass is 484 g/mol. The number of aryl methyl sites for hydroxylation is 2. The molecular weight excluding hydrogens is 460 g/mol. The SMILES string of the molecule is Cc1ccc(CN(C#Cc2cccc(C(=O)O)c2-n2cccc2)S(=O)(=O)c2ccc(C)cc2)cc1. The second-order valence-corrected chi connectivity index (χ2v) is 10.0. The minimum atomic E-state index is -3.95. The third kappa shape index (κ3) is 5.29. The largest absolute Gasteiger partial charge is 0.478 e. The molecule has 0 saturated carbocycles. The second-order valence-electron chi connectivity index (χ2n) is 8.14. The van der Waals surface area contributed by atoms with Crippen molar-refractivity contribution in [2.75, 3.05) is 0 Å². The highest BCUT2D eigenvalue weighted by atomic mass is 32.2. The summed E-state index contributed by atoms with van der Waals surface area (Å²) in [4.78, 5) is 12.0. The highest BCUT2D eigenvalue weighted by Crippen LogP contribution is 2.22. The molecule has 0 atom stereocenters. The lowest BCUT2D eigenvalue weighted by Crippen LogP contribution is -2.26. The summed E-state index contributed by atoms with van der Waals surface area (Å²) in [6, 6.07) is 25.3. The number of carbonyl (C=O) groups is 1. The van der Waals surface area contributed by atoms with E-state index in [4.69, 9.17) is 0 Å². The van der Waals surface area contributed by atoms with Crippen molar-refractivity contribution in [3.05, 3.63) is 119 Å². The van der Waals surface area contributed by atoms with E-state index in [-0.39, 0.29) is 17.0 Å². The van der Waals surface area contributed by atoms with E-state index in [1.165, 1.54) is 6.07 Å². The molecule has 0 spiro atoms. The highest BCUT2D eigenvalue weighted by Gasteiger charge is 2.23. The number of benzene rings is 3. The summed E-state index contributed by atoms with van der Waals surface area (Å²) in [5.41, 5.74) is 3.64. The third-order valence-electron chi connectivity index (χ3n) is 5.50. The molecule has 0 aliphatic carbocycles. The van der Waals surface area contributed by atoms with Gasteiger partial charge in [-0.2, -0.15) is 0 Å². The van der Waals surface area contributed by atoms with Crippen LogP contribution in [0.15, 0.2) is 96.2 Å². The molecule has 176 valence electrons. The van der Waals surface area contributed by atoms with Crippen LogP contribution in [-0.4, -0.2) is 28.4 Å². The molecule has 0 aliphatic heterocycles. The smallest absolute Gasteiger partial charge is 0.337 e. The Hall–Kier alpha value is -4.28. The van der Waals surface area contributed by atoms with Gasteiger partial charge in [-0.1, -0.05) is 53.6 Å². The van der Waals surface area contributed by atoms with Crippen molar-refractivity contribution in [2.24, 2.45) is 0 Å². The van der Waals surface area contributed by atoms with Gasteiger partial charge in [0.2, 0.25) is 0 Å². The maximum atomic E-state index is 13.5. The molecule has 0 amide bonds. The van der Waals surface area contributed by atoms with Crippen molar-refractivity contribution in [3.63, 3.8) is 0 Å². The molecule has 4 rings (SSSR count). The number of aromatic carboxylic acids is 1. The predicted octanol–water partition coefficient (Wildman–Crippen LogP) is 4.99. The van der Waals surface area contributed by atoms with E-state index < -0.39 is 16.0 Å². The number of para-hydroxylation sites is 1. The molecule has 7 heteroatoms. The van der Waals surface area contributed by atoms with Gasteiger partial charge in [-0.3, -0.25) is 0 Å². The fourth-order valence-corrected chi connectivity index (χ4v) is 4.80. The molecule has 0 fully saturated rings. The minimum Gasteiger partial charge on any atom is -0.478 e. The fraction of sp³-hybridized carbons (Fsp3) is 0.107. The van der Waals surface area contributed by atoms with Gasteiger partial charge in [0.15, 0.2) is 0 Å². The van der Waals surface area contributed by atoms with E-state index in [1.54, 1.807) is 65.5 Å². The van der Waals surface area contributed by atoms with Crippen molar-refractivity contribution >= 4 is 16.0 Å². The van der Waals surface area contributed by atoms with Crippen LogP contribution in [-0.2, 0) is 16.6 Å². The number of sulfonamides is 1. The molecule has 0 radical (unpaired) electrons. The normalized spacial score (nSPS) is 10.9. The Morgan fingerprint density at radius 2 is 1.49 bits per heavy atom. The van der Waals surface area contributed by atoms with Crippen LogP contribution < -0.4 is 0 Å². The summed E-state index contributed by atoms with van der Waals surface area (Å²) >= 11 is 0. The molecule has 1 heterocycles. The molecule has 0 saturated heterocycles. The quantitative estimate of drug-likeness (QED) is 0.309. The first-order chi connectivity index (χ1) is 16.8. The van der Waals surface area contributed by atoms with Crippen LogP contribution in [0.5, 0.6) is 0 Å². The fourth-order valence-electron chi connectivity index (χ4n) is 3.58. The minimum absolute atomic E-state index is 0.0426. The van der Waals surface area contributed by atoms with Crippen LogP contribution in [0.4, 0.5) is 0 Å².